The van der Waals surface area contributed by atoms with Crippen molar-refractivity contribution in [3.8, 4) is 12.3 Å². The number of nitrogens with one attached hydrogen (secondary N) is 1. The maximum Gasteiger partial charge on any atom is 0.165 e. The molecule has 1 unspecified atom stereocenters. The summed E-state index contributed by atoms with van der Waals surface area (Å²) in [5.41, 5.74) is 3.77. The number of aromatic nitrogens is 4. The van der Waals surface area contributed by atoms with Crippen LogP contribution in [0.15, 0.2) is 36.9 Å². The average Bonchev–Trinajstić information content (AvgIpc) is 3.12. The van der Waals surface area contributed by atoms with Crippen molar-refractivity contribution >= 4 is 17.0 Å². The molecule has 0 aliphatic carbocycles. The predicted molar refractivity (Wildman–Crippen MR) is 98.6 cm³/mol. The van der Waals surface area contributed by atoms with Crippen LogP contribution in [-0.2, 0) is 0 Å². The molecule has 1 fully saturated rings. The third kappa shape index (κ3) is 2.83. The van der Waals surface area contributed by atoms with Gasteiger partial charge in [0.25, 0.3) is 0 Å². The van der Waals surface area contributed by atoms with E-state index in [0.717, 1.165) is 48.7 Å². The molecule has 3 heterocycles. The summed E-state index contributed by atoms with van der Waals surface area (Å²) in [6.45, 7) is 5.93. The summed E-state index contributed by atoms with van der Waals surface area (Å²) in [4.78, 5) is 15.9. The molecule has 126 valence electrons. The molecule has 1 aliphatic rings. The molecule has 6 heteroatoms. The number of fused-ring (bicyclic) bond motifs is 1. The standard InChI is InChI=1S/C19H20N6/c1-3-15-4-6-16(7-5-15)14(2)25-13-23-17-18(21-12-22-19(17)25)24-10-8-20-9-11-24/h1,4-7,12-14,20H,8-11H2,2H3. The van der Waals surface area contributed by atoms with Crippen molar-refractivity contribution in [1.29, 1.82) is 0 Å². The number of rotatable bonds is 3. The molecule has 1 N–H and O–H groups in total. The van der Waals surface area contributed by atoms with Crippen LogP contribution < -0.4 is 10.2 Å². The van der Waals surface area contributed by atoms with Crippen molar-refractivity contribution in [2.24, 2.45) is 0 Å². The molecule has 4 rings (SSSR count). The first-order valence-electron chi connectivity index (χ1n) is 8.47. The number of hydrogen-bond donors (Lipinski definition) is 1. The fourth-order valence-electron chi connectivity index (χ4n) is 3.25. The maximum absolute atomic E-state index is 5.44. The van der Waals surface area contributed by atoms with E-state index >= 15 is 0 Å². The Hall–Kier alpha value is -2.91. The molecule has 1 aliphatic heterocycles. The highest BCUT2D eigenvalue weighted by atomic mass is 15.3. The van der Waals surface area contributed by atoms with Gasteiger partial charge >= 0.3 is 0 Å². The van der Waals surface area contributed by atoms with E-state index in [9.17, 15) is 0 Å². The number of hydrogen-bond acceptors (Lipinski definition) is 5. The van der Waals surface area contributed by atoms with E-state index in [1.807, 2.05) is 18.5 Å². The van der Waals surface area contributed by atoms with E-state index in [0.29, 0.717) is 0 Å². The van der Waals surface area contributed by atoms with E-state index in [4.69, 9.17) is 6.42 Å². The van der Waals surface area contributed by atoms with Gasteiger partial charge in [0.2, 0.25) is 0 Å². The van der Waals surface area contributed by atoms with Crippen LogP contribution in [0.2, 0.25) is 0 Å². The van der Waals surface area contributed by atoms with E-state index in [1.165, 1.54) is 5.56 Å². The zero-order chi connectivity index (χ0) is 17.2. The lowest BCUT2D eigenvalue weighted by Crippen LogP contribution is -2.44. The van der Waals surface area contributed by atoms with Crippen LogP contribution in [0.4, 0.5) is 5.82 Å². The third-order valence-corrected chi connectivity index (χ3v) is 4.73. The van der Waals surface area contributed by atoms with Crippen LogP contribution in [0.3, 0.4) is 0 Å². The molecule has 0 radical (unpaired) electrons. The summed E-state index contributed by atoms with van der Waals surface area (Å²) in [6, 6.07) is 8.16. The molecule has 6 nitrogen and oxygen atoms in total. The maximum atomic E-state index is 5.44. The van der Waals surface area contributed by atoms with Gasteiger partial charge in [-0.05, 0) is 24.6 Å². The minimum absolute atomic E-state index is 0.114. The quantitative estimate of drug-likeness (QED) is 0.742. The fourth-order valence-corrected chi connectivity index (χ4v) is 3.25. The molecule has 0 bridgehead atoms. The number of terminal acetylenes is 1. The molecule has 25 heavy (non-hydrogen) atoms. The van der Waals surface area contributed by atoms with Gasteiger partial charge in [-0.1, -0.05) is 18.1 Å². The molecule has 1 saturated heterocycles. The number of anilines is 1. The number of nitrogens with zero attached hydrogens (tertiary/aromatic N) is 5. The van der Waals surface area contributed by atoms with Gasteiger partial charge < -0.3 is 14.8 Å². The highest BCUT2D eigenvalue weighted by Gasteiger charge is 2.20. The summed E-state index contributed by atoms with van der Waals surface area (Å²) < 4.78 is 2.09. The van der Waals surface area contributed by atoms with Crippen LogP contribution in [0.25, 0.3) is 11.2 Å². The topological polar surface area (TPSA) is 58.9 Å². The SMILES string of the molecule is C#Cc1ccc(C(C)n2cnc3c(N4CCNCC4)ncnc32)cc1. The first kappa shape index (κ1) is 15.6. The minimum Gasteiger partial charge on any atom is -0.352 e. The number of benzene rings is 1. The second-order valence-electron chi connectivity index (χ2n) is 6.20. The Morgan fingerprint density at radius 1 is 1.12 bits per heavy atom. The van der Waals surface area contributed by atoms with Gasteiger partial charge in [-0.15, -0.1) is 6.42 Å². The zero-order valence-electron chi connectivity index (χ0n) is 14.2. The average molecular weight is 332 g/mol. The monoisotopic (exact) mass is 332 g/mol. The molecule has 0 spiro atoms. The van der Waals surface area contributed by atoms with Crippen molar-refractivity contribution in [2.75, 3.05) is 31.1 Å². The van der Waals surface area contributed by atoms with Crippen LogP contribution >= 0.6 is 0 Å². The summed E-state index contributed by atoms with van der Waals surface area (Å²) >= 11 is 0. The largest absolute Gasteiger partial charge is 0.352 e. The smallest absolute Gasteiger partial charge is 0.165 e. The van der Waals surface area contributed by atoms with Gasteiger partial charge in [0.05, 0.1) is 12.4 Å². The highest BCUT2D eigenvalue weighted by Crippen LogP contribution is 2.26. The van der Waals surface area contributed by atoms with E-state index in [-0.39, 0.29) is 6.04 Å². The lowest BCUT2D eigenvalue weighted by Gasteiger charge is -2.28. The summed E-state index contributed by atoms with van der Waals surface area (Å²) in [7, 11) is 0. The first-order chi connectivity index (χ1) is 12.3. The zero-order valence-corrected chi connectivity index (χ0v) is 14.2. The molecule has 0 amide bonds. The minimum atomic E-state index is 0.114. The summed E-state index contributed by atoms with van der Waals surface area (Å²) in [5, 5.41) is 3.36. The normalized spacial score (nSPS) is 15.9. The lowest BCUT2D eigenvalue weighted by molar-refractivity contribution is 0.585. The van der Waals surface area contributed by atoms with Crippen molar-refractivity contribution in [2.45, 2.75) is 13.0 Å². The number of piperazine rings is 1. The Morgan fingerprint density at radius 3 is 2.60 bits per heavy atom. The molecule has 1 aromatic carbocycles. The molecule has 3 aromatic rings. The van der Waals surface area contributed by atoms with Gasteiger partial charge in [-0.2, -0.15) is 0 Å². The Balaban J connectivity index is 1.71. The molecule has 1 atom stereocenters. The molecule has 0 saturated carbocycles. The van der Waals surface area contributed by atoms with Gasteiger partial charge in [0, 0.05) is 31.7 Å². The van der Waals surface area contributed by atoms with Crippen molar-refractivity contribution in [3.05, 3.63) is 48.0 Å². The van der Waals surface area contributed by atoms with E-state index < -0.39 is 0 Å². The fraction of sp³-hybridized carbons (Fsp3) is 0.316. The van der Waals surface area contributed by atoms with Crippen LogP contribution in [0.1, 0.15) is 24.1 Å². The molecule has 2 aromatic heterocycles. The summed E-state index contributed by atoms with van der Waals surface area (Å²) in [5.74, 6) is 3.57. The number of imidazole rings is 1. The van der Waals surface area contributed by atoms with Gasteiger partial charge in [-0.3, -0.25) is 0 Å². The van der Waals surface area contributed by atoms with Crippen LogP contribution in [-0.4, -0.2) is 45.7 Å². The Morgan fingerprint density at radius 2 is 1.88 bits per heavy atom. The third-order valence-electron chi connectivity index (χ3n) is 4.73. The molecular formula is C19H20N6. The van der Waals surface area contributed by atoms with Gasteiger partial charge in [0.15, 0.2) is 17.0 Å². The van der Waals surface area contributed by atoms with Gasteiger partial charge in [-0.25, -0.2) is 15.0 Å². The van der Waals surface area contributed by atoms with Crippen molar-refractivity contribution in [3.63, 3.8) is 0 Å². The van der Waals surface area contributed by atoms with E-state index in [2.05, 4.69) is 54.7 Å². The predicted octanol–water partition coefficient (Wildman–Crippen LogP) is 1.83. The first-order valence-corrected chi connectivity index (χ1v) is 8.47. The van der Waals surface area contributed by atoms with E-state index in [1.54, 1.807) is 6.33 Å². The van der Waals surface area contributed by atoms with Crippen LogP contribution in [0, 0.1) is 12.3 Å². The molecular weight excluding hydrogens is 312 g/mol. The Bertz CT molecular complexity index is 915. The second-order valence-corrected chi connectivity index (χ2v) is 6.20. The van der Waals surface area contributed by atoms with Crippen molar-refractivity contribution in [1.82, 2.24) is 24.8 Å². The van der Waals surface area contributed by atoms with Crippen LogP contribution in [0.5, 0.6) is 0 Å². The van der Waals surface area contributed by atoms with Crippen molar-refractivity contribution < 1.29 is 0 Å². The second kappa shape index (κ2) is 6.54. The highest BCUT2D eigenvalue weighted by molar-refractivity contribution is 5.83. The Labute approximate surface area is 146 Å². The summed E-state index contributed by atoms with van der Waals surface area (Å²) in [6.07, 6.45) is 8.92. The lowest BCUT2D eigenvalue weighted by atomic mass is 10.1. The Kier molecular flexibility index (Phi) is 4.08. The van der Waals surface area contributed by atoms with Gasteiger partial charge in [0.1, 0.15) is 6.33 Å².